The number of nitrogens with zero attached hydrogens (tertiary/aromatic N) is 2. The number of rotatable bonds is 13. The van der Waals surface area contributed by atoms with Crippen LogP contribution in [0.2, 0.25) is 0 Å². The first kappa shape index (κ1) is 25.9. The molecule has 0 spiro atoms. The Hall–Kier alpha value is -1.13. The zero-order valence-electron chi connectivity index (χ0n) is 16.4. The summed E-state index contributed by atoms with van der Waals surface area (Å²) in [7, 11) is 1.46. The number of aliphatic hydroxyl groups excluding tert-OH is 5. The van der Waals surface area contributed by atoms with E-state index < -0.39 is 31.0 Å². The van der Waals surface area contributed by atoms with Gasteiger partial charge in [-0.3, -0.25) is 4.79 Å². The number of aliphatic hydroxyl groups is 5. The first-order chi connectivity index (χ1) is 13.7. The van der Waals surface area contributed by atoms with Gasteiger partial charge in [0.2, 0.25) is 5.91 Å². The quantitative estimate of drug-likeness (QED) is 0.253. The second-order valence-corrected chi connectivity index (χ2v) is 7.54. The number of halogens is 2. The van der Waals surface area contributed by atoms with Crippen molar-refractivity contribution in [3.8, 4) is 0 Å². The molecule has 8 nitrogen and oxygen atoms in total. The van der Waals surface area contributed by atoms with E-state index >= 15 is 0 Å². The summed E-state index contributed by atoms with van der Waals surface area (Å²) in [6.45, 7) is 0.314. The van der Waals surface area contributed by atoms with Crippen LogP contribution in [0.4, 0.5) is 5.69 Å². The van der Waals surface area contributed by atoms with Crippen LogP contribution < -0.4 is 4.90 Å². The molecule has 1 amide bonds. The zero-order valence-corrected chi connectivity index (χ0v) is 17.9. The lowest BCUT2D eigenvalue weighted by Gasteiger charge is -2.28. The fraction of sp³-hybridized carbons (Fsp3) is 0.632. The maximum absolute atomic E-state index is 12.4. The molecule has 10 heteroatoms. The number of benzene rings is 1. The SMILES string of the molecule is CN(C[C@H](O)[C@H](O)[C@@H](O)[C@@H](O)CO)C(=O)Cc1ccc(N(CCCl)CCCl)cc1. The molecule has 29 heavy (non-hydrogen) atoms. The molecule has 1 aromatic carbocycles. The molecule has 0 aromatic heterocycles. The molecule has 0 radical (unpaired) electrons. The highest BCUT2D eigenvalue weighted by atomic mass is 35.5. The Balaban J connectivity index is 2.64. The van der Waals surface area contributed by atoms with Crippen molar-refractivity contribution >= 4 is 34.8 Å². The van der Waals surface area contributed by atoms with Gasteiger partial charge in [-0.15, -0.1) is 23.2 Å². The number of carbonyl (C=O) groups excluding carboxylic acids is 1. The average molecular weight is 453 g/mol. The van der Waals surface area contributed by atoms with Gasteiger partial charge in [0.1, 0.15) is 24.4 Å². The highest BCUT2D eigenvalue weighted by molar-refractivity contribution is 6.18. The number of hydrogen-bond acceptors (Lipinski definition) is 7. The van der Waals surface area contributed by atoms with E-state index in [1.165, 1.54) is 11.9 Å². The molecule has 5 N–H and O–H groups in total. The number of likely N-dealkylation sites (N-methyl/N-ethyl adjacent to an activating group) is 1. The van der Waals surface area contributed by atoms with Crippen molar-refractivity contribution in [2.24, 2.45) is 0 Å². The summed E-state index contributed by atoms with van der Waals surface area (Å²) in [6, 6.07) is 7.41. The van der Waals surface area contributed by atoms with Crippen molar-refractivity contribution in [3.05, 3.63) is 29.8 Å². The molecule has 0 fully saturated rings. The van der Waals surface area contributed by atoms with Crippen molar-refractivity contribution < 1.29 is 30.3 Å². The van der Waals surface area contributed by atoms with Gasteiger partial charge in [-0.1, -0.05) is 12.1 Å². The predicted octanol–water partition coefficient (Wildman–Crippen LogP) is -0.593. The molecule has 0 aliphatic rings. The fourth-order valence-corrected chi connectivity index (χ4v) is 3.17. The Morgan fingerprint density at radius 3 is 1.97 bits per heavy atom. The highest BCUT2D eigenvalue weighted by Crippen LogP contribution is 2.16. The Morgan fingerprint density at radius 2 is 1.48 bits per heavy atom. The maximum Gasteiger partial charge on any atom is 0.226 e. The van der Waals surface area contributed by atoms with Crippen LogP contribution in [0.15, 0.2) is 24.3 Å². The van der Waals surface area contributed by atoms with Crippen LogP contribution in [0.25, 0.3) is 0 Å². The van der Waals surface area contributed by atoms with Crippen LogP contribution in [0, 0.1) is 0 Å². The molecule has 0 aliphatic carbocycles. The van der Waals surface area contributed by atoms with E-state index in [4.69, 9.17) is 28.3 Å². The molecule has 0 aliphatic heterocycles. The van der Waals surface area contributed by atoms with Gasteiger partial charge in [-0.25, -0.2) is 0 Å². The number of alkyl halides is 2. The smallest absolute Gasteiger partial charge is 0.226 e. The number of hydrogen-bond donors (Lipinski definition) is 5. The molecule has 0 saturated carbocycles. The van der Waals surface area contributed by atoms with Crippen LogP contribution in [0.3, 0.4) is 0 Å². The topological polar surface area (TPSA) is 125 Å². The standard InChI is InChI=1S/C19H30Cl2N2O6/c1-22(11-15(25)18(28)19(29)16(26)12-24)17(27)10-13-2-4-14(5-3-13)23(8-6-20)9-7-21/h2-5,15-16,18-19,24-26,28-29H,6-12H2,1H3/t15-,16-,18-,19-/m0/s1. The molecule has 166 valence electrons. The molecule has 1 rings (SSSR count). The monoisotopic (exact) mass is 452 g/mol. The van der Waals surface area contributed by atoms with E-state index in [0.717, 1.165) is 11.3 Å². The van der Waals surface area contributed by atoms with Crippen molar-refractivity contribution in [1.82, 2.24) is 4.90 Å². The molecule has 0 bridgehead atoms. The Bertz CT molecular complexity index is 601. The first-order valence-corrected chi connectivity index (χ1v) is 10.3. The average Bonchev–Trinajstić information content (AvgIpc) is 2.72. The second-order valence-electron chi connectivity index (χ2n) is 6.78. The van der Waals surface area contributed by atoms with Gasteiger partial charge in [-0.05, 0) is 17.7 Å². The molecular formula is C19H30Cl2N2O6. The summed E-state index contributed by atoms with van der Waals surface area (Å²) in [5, 5.41) is 47.6. The lowest BCUT2D eigenvalue weighted by atomic mass is 10.0. The van der Waals surface area contributed by atoms with Crippen LogP contribution >= 0.6 is 23.2 Å². The van der Waals surface area contributed by atoms with E-state index in [9.17, 15) is 25.2 Å². The third kappa shape index (κ3) is 8.25. The van der Waals surface area contributed by atoms with Gasteiger partial charge in [0.05, 0.1) is 13.0 Å². The lowest BCUT2D eigenvalue weighted by molar-refractivity contribution is -0.137. The van der Waals surface area contributed by atoms with E-state index in [0.29, 0.717) is 24.8 Å². The molecule has 0 unspecified atom stereocenters. The van der Waals surface area contributed by atoms with Gasteiger partial charge < -0.3 is 35.3 Å². The zero-order chi connectivity index (χ0) is 22.0. The number of anilines is 1. The third-order valence-electron chi connectivity index (χ3n) is 4.58. The first-order valence-electron chi connectivity index (χ1n) is 9.28. The van der Waals surface area contributed by atoms with E-state index in [2.05, 4.69) is 0 Å². The third-order valence-corrected chi connectivity index (χ3v) is 4.92. The number of amides is 1. The molecule has 4 atom stereocenters. The fourth-order valence-electron chi connectivity index (χ4n) is 2.76. The lowest BCUT2D eigenvalue weighted by Crippen LogP contribution is -2.50. The van der Waals surface area contributed by atoms with Crippen LogP contribution in [-0.4, -0.2) is 106 Å². The number of carbonyl (C=O) groups is 1. The normalized spacial score (nSPS) is 15.4. The van der Waals surface area contributed by atoms with E-state index in [1.807, 2.05) is 29.2 Å². The maximum atomic E-state index is 12.4. The van der Waals surface area contributed by atoms with Crippen LogP contribution in [0.5, 0.6) is 0 Å². The van der Waals surface area contributed by atoms with Crippen molar-refractivity contribution in [1.29, 1.82) is 0 Å². The molecule has 0 heterocycles. The van der Waals surface area contributed by atoms with E-state index in [-0.39, 0.29) is 18.9 Å². The van der Waals surface area contributed by atoms with Crippen molar-refractivity contribution in [3.63, 3.8) is 0 Å². The van der Waals surface area contributed by atoms with Gasteiger partial charge >= 0.3 is 0 Å². The highest BCUT2D eigenvalue weighted by Gasteiger charge is 2.31. The minimum atomic E-state index is -1.73. The summed E-state index contributed by atoms with van der Waals surface area (Å²) >= 11 is 11.6. The minimum Gasteiger partial charge on any atom is -0.394 e. The van der Waals surface area contributed by atoms with Crippen LogP contribution in [-0.2, 0) is 11.2 Å². The molecular weight excluding hydrogens is 423 g/mol. The summed E-state index contributed by atoms with van der Waals surface area (Å²) in [5.41, 5.74) is 1.72. The Morgan fingerprint density at radius 1 is 0.966 bits per heavy atom. The minimum absolute atomic E-state index is 0.0897. The van der Waals surface area contributed by atoms with Gasteiger partial charge in [0.25, 0.3) is 0 Å². The summed E-state index contributed by atoms with van der Waals surface area (Å²) in [6.07, 6.45) is -6.41. The van der Waals surface area contributed by atoms with Gasteiger partial charge in [0, 0.05) is 44.1 Å². The predicted molar refractivity (Wildman–Crippen MR) is 113 cm³/mol. The summed E-state index contributed by atoms with van der Waals surface area (Å²) in [5.74, 6) is 0.653. The van der Waals surface area contributed by atoms with Gasteiger partial charge in [0.15, 0.2) is 0 Å². The molecule has 1 aromatic rings. The summed E-state index contributed by atoms with van der Waals surface area (Å²) in [4.78, 5) is 15.7. The van der Waals surface area contributed by atoms with E-state index in [1.54, 1.807) is 0 Å². The Kier molecular flexibility index (Phi) is 11.8. The van der Waals surface area contributed by atoms with Gasteiger partial charge in [-0.2, -0.15) is 0 Å². The largest absolute Gasteiger partial charge is 0.394 e. The van der Waals surface area contributed by atoms with Crippen molar-refractivity contribution in [2.45, 2.75) is 30.8 Å². The molecule has 0 saturated heterocycles. The second kappa shape index (κ2) is 13.2. The Labute approximate surface area is 180 Å². The summed E-state index contributed by atoms with van der Waals surface area (Å²) < 4.78 is 0. The van der Waals surface area contributed by atoms with Crippen molar-refractivity contribution in [2.75, 3.05) is 49.9 Å². The van der Waals surface area contributed by atoms with Crippen LogP contribution in [0.1, 0.15) is 5.56 Å².